The molecule has 3 rings (SSSR count). The van der Waals surface area contributed by atoms with E-state index in [1.807, 2.05) is 6.07 Å². The maximum atomic E-state index is 11.0. The van der Waals surface area contributed by atoms with E-state index in [-0.39, 0.29) is 0 Å². The predicted molar refractivity (Wildman–Crippen MR) is 77.3 cm³/mol. The highest BCUT2D eigenvalue weighted by Crippen LogP contribution is 2.31. The lowest BCUT2D eigenvalue weighted by Gasteiger charge is -2.20. The van der Waals surface area contributed by atoms with E-state index in [1.165, 1.54) is 0 Å². The highest BCUT2D eigenvalue weighted by Gasteiger charge is 2.19. The van der Waals surface area contributed by atoms with E-state index in [2.05, 4.69) is 10.4 Å². The Morgan fingerprint density at radius 2 is 2.35 bits per heavy atom. The smallest absolute Gasteiger partial charge is 0.335 e. The van der Waals surface area contributed by atoms with E-state index >= 15 is 0 Å². The van der Waals surface area contributed by atoms with E-state index in [4.69, 9.17) is 9.84 Å². The van der Waals surface area contributed by atoms with Gasteiger partial charge in [0.1, 0.15) is 5.01 Å². The first-order valence-electron chi connectivity index (χ1n) is 6.61. The van der Waals surface area contributed by atoms with Crippen molar-refractivity contribution in [3.63, 3.8) is 0 Å². The zero-order valence-corrected chi connectivity index (χ0v) is 11.7. The van der Waals surface area contributed by atoms with Gasteiger partial charge in [0.2, 0.25) is 0 Å². The van der Waals surface area contributed by atoms with Crippen LogP contribution in [0.4, 0.5) is 0 Å². The quantitative estimate of drug-likeness (QED) is 0.940. The van der Waals surface area contributed by atoms with Gasteiger partial charge in [0, 0.05) is 23.5 Å². The van der Waals surface area contributed by atoms with Crippen LogP contribution in [0.25, 0.3) is 10.6 Å². The molecule has 1 atom stereocenters. The van der Waals surface area contributed by atoms with Crippen molar-refractivity contribution in [1.29, 1.82) is 0 Å². The molecule has 0 radical (unpaired) electrons. The Morgan fingerprint density at radius 1 is 1.45 bits per heavy atom. The van der Waals surface area contributed by atoms with Gasteiger partial charge in [-0.1, -0.05) is 12.1 Å². The standard InChI is InChI=1S/C15H15NO3S/c17-15(18)11-4-1-3-10(7-11)14-16-13(9-20-14)12-5-2-6-19-8-12/h1,3-4,7,9,12H,2,5-6,8H2,(H,17,18). The van der Waals surface area contributed by atoms with Gasteiger partial charge in [-0.2, -0.15) is 0 Å². The summed E-state index contributed by atoms with van der Waals surface area (Å²) < 4.78 is 5.49. The molecule has 0 amide bonds. The summed E-state index contributed by atoms with van der Waals surface area (Å²) in [6.07, 6.45) is 2.18. The number of rotatable bonds is 3. The molecule has 1 aliphatic heterocycles. The molecule has 1 aromatic carbocycles. The van der Waals surface area contributed by atoms with Crippen LogP contribution in [0.5, 0.6) is 0 Å². The molecule has 1 N–H and O–H groups in total. The van der Waals surface area contributed by atoms with Gasteiger partial charge in [-0.3, -0.25) is 0 Å². The highest BCUT2D eigenvalue weighted by atomic mass is 32.1. The summed E-state index contributed by atoms with van der Waals surface area (Å²) >= 11 is 1.56. The van der Waals surface area contributed by atoms with E-state index in [9.17, 15) is 4.79 Å². The summed E-state index contributed by atoms with van der Waals surface area (Å²) in [6, 6.07) is 6.91. The minimum absolute atomic E-state index is 0.292. The Kier molecular flexibility index (Phi) is 3.80. The molecule has 2 heterocycles. The number of carbonyl (C=O) groups is 1. The molecule has 0 aliphatic carbocycles. The number of aromatic nitrogens is 1. The third-order valence-electron chi connectivity index (χ3n) is 3.46. The van der Waals surface area contributed by atoms with Crippen LogP contribution in [0.15, 0.2) is 29.6 Å². The van der Waals surface area contributed by atoms with Crippen molar-refractivity contribution in [2.45, 2.75) is 18.8 Å². The van der Waals surface area contributed by atoms with Crippen LogP contribution in [0, 0.1) is 0 Å². The summed E-state index contributed by atoms with van der Waals surface area (Å²) in [5.74, 6) is -0.541. The van der Waals surface area contributed by atoms with Gasteiger partial charge in [0.05, 0.1) is 17.9 Å². The summed E-state index contributed by atoms with van der Waals surface area (Å²) in [5, 5.41) is 12.0. The lowest BCUT2D eigenvalue weighted by molar-refractivity contribution is 0.0697. The average Bonchev–Trinajstić information content (AvgIpc) is 2.98. The molecule has 1 saturated heterocycles. The number of carboxylic acid groups (broad SMARTS) is 1. The molecule has 0 bridgehead atoms. The minimum atomic E-state index is -0.913. The SMILES string of the molecule is O=C(O)c1cccc(-c2nc(C3CCCOC3)cs2)c1. The Hall–Kier alpha value is -1.72. The molecule has 5 heteroatoms. The van der Waals surface area contributed by atoms with Gasteiger partial charge in [-0.15, -0.1) is 11.3 Å². The summed E-state index contributed by atoms with van der Waals surface area (Å²) in [6.45, 7) is 1.58. The molecular weight excluding hydrogens is 274 g/mol. The van der Waals surface area contributed by atoms with Crippen molar-refractivity contribution in [3.8, 4) is 10.6 Å². The van der Waals surface area contributed by atoms with Crippen molar-refractivity contribution >= 4 is 17.3 Å². The third kappa shape index (κ3) is 2.73. The second-order valence-corrected chi connectivity index (χ2v) is 5.74. The highest BCUT2D eigenvalue weighted by molar-refractivity contribution is 7.13. The minimum Gasteiger partial charge on any atom is -0.478 e. The Labute approximate surface area is 121 Å². The van der Waals surface area contributed by atoms with Crippen molar-refractivity contribution in [1.82, 2.24) is 4.98 Å². The molecule has 4 nitrogen and oxygen atoms in total. The van der Waals surface area contributed by atoms with Crippen LogP contribution in [0.2, 0.25) is 0 Å². The number of carboxylic acids is 1. The molecular formula is C15H15NO3S. The first kappa shape index (κ1) is 13.3. The molecule has 1 aromatic heterocycles. The van der Waals surface area contributed by atoms with Crippen molar-refractivity contribution in [2.24, 2.45) is 0 Å². The molecule has 0 spiro atoms. The Balaban J connectivity index is 1.85. The molecule has 104 valence electrons. The predicted octanol–water partition coefficient (Wildman–Crippen LogP) is 3.40. The van der Waals surface area contributed by atoms with Crippen LogP contribution in [0.1, 0.15) is 34.8 Å². The summed E-state index contributed by atoms with van der Waals surface area (Å²) in [4.78, 5) is 15.7. The largest absolute Gasteiger partial charge is 0.478 e. The molecule has 1 fully saturated rings. The van der Waals surface area contributed by atoms with Gasteiger partial charge in [-0.05, 0) is 25.0 Å². The topological polar surface area (TPSA) is 59.4 Å². The second-order valence-electron chi connectivity index (χ2n) is 4.88. The lowest BCUT2D eigenvalue weighted by atomic mass is 10.00. The third-order valence-corrected chi connectivity index (χ3v) is 4.37. The number of nitrogens with zero attached hydrogens (tertiary/aromatic N) is 1. The van der Waals surface area contributed by atoms with Crippen molar-refractivity contribution < 1.29 is 14.6 Å². The zero-order valence-electron chi connectivity index (χ0n) is 10.9. The number of hydrogen-bond donors (Lipinski definition) is 1. The van der Waals surface area contributed by atoms with E-state index < -0.39 is 5.97 Å². The van der Waals surface area contributed by atoms with Gasteiger partial charge < -0.3 is 9.84 Å². The Bertz CT molecular complexity index is 617. The summed E-state index contributed by atoms with van der Waals surface area (Å²) in [5.41, 5.74) is 2.21. The molecule has 0 saturated carbocycles. The van der Waals surface area contributed by atoms with Gasteiger partial charge >= 0.3 is 5.97 Å². The number of thiazole rings is 1. The Morgan fingerprint density at radius 3 is 3.10 bits per heavy atom. The van der Waals surface area contributed by atoms with Crippen LogP contribution >= 0.6 is 11.3 Å². The van der Waals surface area contributed by atoms with Crippen molar-refractivity contribution in [2.75, 3.05) is 13.2 Å². The first-order valence-corrected chi connectivity index (χ1v) is 7.49. The fourth-order valence-corrected chi connectivity index (χ4v) is 3.26. The lowest BCUT2D eigenvalue weighted by Crippen LogP contribution is -2.15. The van der Waals surface area contributed by atoms with Crippen LogP contribution in [0.3, 0.4) is 0 Å². The van der Waals surface area contributed by atoms with Gasteiger partial charge in [0.15, 0.2) is 0 Å². The maximum absolute atomic E-state index is 11.0. The fraction of sp³-hybridized carbons (Fsp3) is 0.333. The molecule has 1 aliphatic rings. The van der Waals surface area contributed by atoms with Crippen molar-refractivity contribution in [3.05, 3.63) is 40.9 Å². The second kappa shape index (κ2) is 5.73. The average molecular weight is 289 g/mol. The van der Waals surface area contributed by atoms with Crippen LogP contribution in [-0.4, -0.2) is 29.3 Å². The zero-order chi connectivity index (χ0) is 13.9. The molecule has 1 unspecified atom stereocenters. The van der Waals surface area contributed by atoms with Gasteiger partial charge in [-0.25, -0.2) is 9.78 Å². The fourth-order valence-electron chi connectivity index (χ4n) is 2.37. The van der Waals surface area contributed by atoms with E-state index in [0.29, 0.717) is 11.5 Å². The maximum Gasteiger partial charge on any atom is 0.335 e. The molecule has 2 aromatic rings. The normalized spacial score (nSPS) is 18.9. The van der Waals surface area contributed by atoms with E-state index in [0.717, 1.165) is 42.3 Å². The molecule has 20 heavy (non-hydrogen) atoms. The van der Waals surface area contributed by atoms with E-state index in [1.54, 1.807) is 29.5 Å². The monoisotopic (exact) mass is 289 g/mol. The van der Waals surface area contributed by atoms with Crippen LogP contribution < -0.4 is 0 Å². The first-order chi connectivity index (χ1) is 9.74. The number of aromatic carboxylic acids is 1. The number of ether oxygens (including phenoxy) is 1. The number of hydrogen-bond acceptors (Lipinski definition) is 4. The van der Waals surface area contributed by atoms with Gasteiger partial charge in [0.25, 0.3) is 0 Å². The summed E-state index contributed by atoms with van der Waals surface area (Å²) in [7, 11) is 0. The number of benzene rings is 1. The van der Waals surface area contributed by atoms with Crippen LogP contribution in [-0.2, 0) is 4.74 Å².